The van der Waals surface area contributed by atoms with Gasteiger partial charge in [0.15, 0.2) is 5.78 Å². The Morgan fingerprint density at radius 2 is 2.00 bits per heavy atom. The normalized spacial score (nSPS) is 12.5. The van der Waals surface area contributed by atoms with E-state index in [1.807, 2.05) is 30.3 Å². The Labute approximate surface area is 71.8 Å². The molecule has 0 radical (unpaired) electrons. The van der Waals surface area contributed by atoms with Crippen molar-refractivity contribution in [3.63, 3.8) is 0 Å². The molecule has 0 fully saturated rings. The molecule has 2 nitrogen and oxygen atoms in total. The zero-order valence-electron chi connectivity index (χ0n) is 7.03. The monoisotopic (exact) mass is 164 g/mol. The first-order valence-electron chi connectivity index (χ1n) is 3.95. The topological polar surface area (TPSA) is 37.3 Å². The van der Waals surface area contributed by atoms with Gasteiger partial charge in [0.1, 0.15) is 6.10 Å². The maximum Gasteiger partial charge on any atom is 0.165 e. The average Bonchev–Trinajstić information content (AvgIpc) is 2.06. The molecule has 1 N–H and O–H groups in total. The fourth-order valence-corrected chi connectivity index (χ4v) is 0.945. The third-order valence-corrected chi connectivity index (χ3v) is 1.69. The van der Waals surface area contributed by atoms with Crippen molar-refractivity contribution in [1.29, 1.82) is 0 Å². The second-order valence-electron chi connectivity index (χ2n) is 2.80. The van der Waals surface area contributed by atoms with Crippen molar-refractivity contribution >= 4 is 5.78 Å². The molecule has 0 heterocycles. The number of Topliss-reactive ketones (excluding diaryl/α,β-unsaturated/α-hetero) is 1. The maximum absolute atomic E-state index is 11.1. The molecule has 0 spiro atoms. The smallest absolute Gasteiger partial charge is 0.165 e. The third kappa shape index (κ3) is 2.47. The van der Waals surface area contributed by atoms with Crippen LogP contribution < -0.4 is 0 Å². The summed E-state index contributed by atoms with van der Waals surface area (Å²) >= 11 is 0. The van der Waals surface area contributed by atoms with E-state index < -0.39 is 6.10 Å². The van der Waals surface area contributed by atoms with Crippen molar-refractivity contribution in [2.24, 2.45) is 0 Å². The van der Waals surface area contributed by atoms with Crippen LogP contribution in [0.1, 0.15) is 12.5 Å². The molecule has 0 saturated carbocycles. The van der Waals surface area contributed by atoms with Gasteiger partial charge in [-0.05, 0) is 12.5 Å². The molecule has 0 aromatic heterocycles. The van der Waals surface area contributed by atoms with E-state index in [0.717, 1.165) is 5.56 Å². The molecule has 0 unspecified atom stereocenters. The highest BCUT2D eigenvalue weighted by atomic mass is 16.3. The second-order valence-corrected chi connectivity index (χ2v) is 2.80. The van der Waals surface area contributed by atoms with Crippen molar-refractivity contribution in [3.05, 3.63) is 35.9 Å². The summed E-state index contributed by atoms with van der Waals surface area (Å²) in [6.45, 7) is 1.49. The Kier molecular flexibility index (Phi) is 3.00. The summed E-state index contributed by atoms with van der Waals surface area (Å²) in [5.74, 6) is -0.138. The molecular formula is C10H12O2. The zero-order valence-corrected chi connectivity index (χ0v) is 7.03. The number of ketones is 1. The van der Waals surface area contributed by atoms with Crippen LogP contribution in [0.2, 0.25) is 0 Å². The molecule has 0 saturated heterocycles. The van der Waals surface area contributed by atoms with Gasteiger partial charge < -0.3 is 5.11 Å². The van der Waals surface area contributed by atoms with Crippen LogP contribution in [0.25, 0.3) is 0 Å². The Bertz CT molecular complexity index is 252. The van der Waals surface area contributed by atoms with Gasteiger partial charge in [0, 0.05) is 6.42 Å². The Balaban J connectivity index is 2.59. The fraction of sp³-hybridized carbons (Fsp3) is 0.300. The number of rotatable bonds is 3. The quantitative estimate of drug-likeness (QED) is 0.728. The van der Waals surface area contributed by atoms with Crippen LogP contribution in [0.15, 0.2) is 30.3 Å². The van der Waals surface area contributed by atoms with E-state index in [1.54, 1.807) is 0 Å². The molecule has 64 valence electrons. The van der Waals surface area contributed by atoms with Gasteiger partial charge in [0.25, 0.3) is 0 Å². The van der Waals surface area contributed by atoms with Crippen LogP contribution in [0.5, 0.6) is 0 Å². The Morgan fingerprint density at radius 3 is 2.50 bits per heavy atom. The molecule has 0 aliphatic carbocycles. The summed E-state index contributed by atoms with van der Waals surface area (Å²) in [5.41, 5.74) is 0.948. The van der Waals surface area contributed by atoms with Crippen LogP contribution in [0.3, 0.4) is 0 Å². The minimum atomic E-state index is -0.856. The summed E-state index contributed by atoms with van der Waals surface area (Å²) in [6, 6.07) is 9.41. The molecule has 1 atom stereocenters. The average molecular weight is 164 g/mol. The minimum Gasteiger partial charge on any atom is -0.386 e. The lowest BCUT2D eigenvalue weighted by atomic mass is 10.1. The lowest BCUT2D eigenvalue weighted by Gasteiger charge is -2.02. The SMILES string of the molecule is C[C@H](O)C(=O)Cc1ccccc1. The van der Waals surface area contributed by atoms with Gasteiger partial charge in [-0.1, -0.05) is 30.3 Å². The Hall–Kier alpha value is -1.15. The largest absolute Gasteiger partial charge is 0.386 e. The summed E-state index contributed by atoms with van der Waals surface area (Å²) in [6.07, 6.45) is -0.538. The lowest BCUT2D eigenvalue weighted by Crippen LogP contribution is -2.18. The van der Waals surface area contributed by atoms with Crippen LogP contribution >= 0.6 is 0 Å². The molecule has 0 amide bonds. The number of hydrogen-bond donors (Lipinski definition) is 1. The molecule has 1 rings (SSSR count). The molecule has 1 aromatic rings. The third-order valence-electron chi connectivity index (χ3n) is 1.69. The highest BCUT2D eigenvalue weighted by Gasteiger charge is 2.08. The zero-order chi connectivity index (χ0) is 8.97. The van der Waals surface area contributed by atoms with E-state index in [4.69, 9.17) is 5.11 Å². The van der Waals surface area contributed by atoms with Crippen LogP contribution in [-0.4, -0.2) is 17.0 Å². The molecule has 0 aliphatic rings. The van der Waals surface area contributed by atoms with E-state index in [1.165, 1.54) is 6.92 Å². The van der Waals surface area contributed by atoms with Gasteiger partial charge in [-0.3, -0.25) is 4.79 Å². The van der Waals surface area contributed by atoms with E-state index in [-0.39, 0.29) is 5.78 Å². The van der Waals surface area contributed by atoms with Crippen LogP contribution in [-0.2, 0) is 11.2 Å². The van der Waals surface area contributed by atoms with Crippen molar-refractivity contribution in [2.75, 3.05) is 0 Å². The van der Waals surface area contributed by atoms with Gasteiger partial charge in [-0.25, -0.2) is 0 Å². The predicted molar refractivity (Wildman–Crippen MR) is 46.8 cm³/mol. The molecule has 12 heavy (non-hydrogen) atoms. The van der Waals surface area contributed by atoms with E-state index in [9.17, 15) is 4.79 Å². The highest BCUT2D eigenvalue weighted by molar-refractivity contribution is 5.84. The van der Waals surface area contributed by atoms with Gasteiger partial charge in [-0.2, -0.15) is 0 Å². The second kappa shape index (κ2) is 4.02. The number of carbonyl (C=O) groups is 1. The Morgan fingerprint density at radius 1 is 1.42 bits per heavy atom. The summed E-state index contributed by atoms with van der Waals surface area (Å²) < 4.78 is 0. The lowest BCUT2D eigenvalue weighted by molar-refractivity contribution is -0.125. The van der Waals surface area contributed by atoms with E-state index in [2.05, 4.69) is 0 Å². The maximum atomic E-state index is 11.1. The van der Waals surface area contributed by atoms with Crippen molar-refractivity contribution < 1.29 is 9.90 Å². The summed E-state index contributed by atoms with van der Waals surface area (Å²) in [4.78, 5) is 11.1. The van der Waals surface area contributed by atoms with Crippen LogP contribution in [0, 0.1) is 0 Å². The molecule has 0 aliphatic heterocycles. The first-order valence-corrected chi connectivity index (χ1v) is 3.95. The highest BCUT2D eigenvalue weighted by Crippen LogP contribution is 2.01. The van der Waals surface area contributed by atoms with Crippen molar-refractivity contribution in [2.45, 2.75) is 19.4 Å². The van der Waals surface area contributed by atoms with Gasteiger partial charge in [0.2, 0.25) is 0 Å². The van der Waals surface area contributed by atoms with Gasteiger partial charge >= 0.3 is 0 Å². The van der Waals surface area contributed by atoms with Crippen molar-refractivity contribution in [1.82, 2.24) is 0 Å². The van der Waals surface area contributed by atoms with Gasteiger partial charge in [0.05, 0.1) is 0 Å². The molecule has 0 bridgehead atoms. The first kappa shape index (κ1) is 8.94. The molecule has 1 aromatic carbocycles. The molecular weight excluding hydrogens is 152 g/mol. The fourth-order valence-electron chi connectivity index (χ4n) is 0.945. The van der Waals surface area contributed by atoms with E-state index in [0.29, 0.717) is 6.42 Å². The van der Waals surface area contributed by atoms with Gasteiger partial charge in [-0.15, -0.1) is 0 Å². The first-order chi connectivity index (χ1) is 5.70. The number of benzene rings is 1. The number of carbonyl (C=O) groups excluding carboxylic acids is 1. The van der Waals surface area contributed by atoms with Crippen molar-refractivity contribution in [3.8, 4) is 0 Å². The minimum absolute atomic E-state index is 0.138. The van der Waals surface area contributed by atoms with E-state index >= 15 is 0 Å². The number of hydrogen-bond acceptors (Lipinski definition) is 2. The molecule has 2 heteroatoms. The number of aliphatic hydroxyl groups excluding tert-OH is 1. The standard InChI is InChI=1S/C10H12O2/c1-8(11)10(12)7-9-5-3-2-4-6-9/h2-6,8,11H,7H2,1H3/t8-/m0/s1. The number of aliphatic hydroxyl groups is 1. The summed E-state index contributed by atoms with van der Waals surface area (Å²) in [7, 11) is 0. The predicted octanol–water partition coefficient (Wildman–Crippen LogP) is 1.18. The summed E-state index contributed by atoms with van der Waals surface area (Å²) in [5, 5.41) is 8.93. The van der Waals surface area contributed by atoms with Crippen LogP contribution in [0.4, 0.5) is 0 Å².